The molecule has 0 aromatic carbocycles. The van der Waals surface area contributed by atoms with E-state index in [9.17, 15) is 0 Å². The van der Waals surface area contributed by atoms with E-state index < -0.39 is 0 Å². The predicted molar refractivity (Wildman–Crippen MR) is 76.1 cm³/mol. The Morgan fingerprint density at radius 3 is 2.24 bits per heavy atom. The van der Waals surface area contributed by atoms with Crippen molar-refractivity contribution in [2.75, 3.05) is 0 Å². The zero-order chi connectivity index (χ0) is 12.1. The van der Waals surface area contributed by atoms with E-state index in [2.05, 4.69) is 19.6 Å². The molecule has 0 radical (unpaired) electrons. The van der Waals surface area contributed by atoms with Gasteiger partial charge >= 0.3 is 0 Å². The van der Waals surface area contributed by atoms with E-state index in [-0.39, 0.29) is 0 Å². The van der Waals surface area contributed by atoms with Gasteiger partial charge in [-0.1, -0.05) is 38.7 Å². The van der Waals surface area contributed by atoms with Gasteiger partial charge in [-0.15, -0.1) is 6.58 Å². The largest absolute Gasteiger partial charge is 0.103 e. The van der Waals surface area contributed by atoms with Gasteiger partial charge in [0.1, 0.15) is 0 Å². The SMILES string of the molecule is C=CC1CCC(CCC)(C2CCCCC2)CC1. The second-order valence-corrected chi connectivity index (χ2v) is 6.52. The van der Waals surface area contributed by atoms with Crippen molar-refractivity contribution in [3.05, 3.63) is 12.7 Å². The smallest absolute Gasteiger partial charge is 0.0236 e. The van der Waals surface area contributed by atoms with Gasteiger partial charge in [0.15, 0.2) is 0 Å². The molecule has 98 valence electrons. The van der Waals surface area contributed by atoms with Crippen LogP contribution in [0.4, 0.5) is 0 Å². The summed E-state index contributed by atoms with van der Waals surface area (Å²) in [7, 11) is 0. The third-order valence-corrected chi connectivity index (χ3v) is 5.58. The molecule has 17 heavy (non-hydrogen) atoms. The van der Waals surface area contributed by atoms with Gasteiger partial charge in [0, 0.05) is 0 Å². The molecule has 0 N–H and O–H groups in total. The lowest BCUT2D eigenvalue weighted by atomic mass is 9.58. The van der Waals surface area contributed by atoms with E-state index in [1.54, 1.807) is 0 Å². The molecular weight excluding hydrogens is 204 g/mol. The first-order chi connectivity index (χ1) is 8.30. The van der Waals surface area contributed by atoms with E-state index in [0.717, 1.165) is 17.3 Å². The van der Waals surface area contributed by atoms with Crippen LogP contribution in [0, 0.1) is 17.3 Å². The predicted octanol–water partition coefficient (Wildman–Crippen LogP) is 5.73. The Hall–Kier alpha value is -0.260. The molecule has 0 amide bonds. The summed E-state index contributed by atoms with van der Waals surface area (Å²) in [5.74, 6) is 1.88. The zero-order valence-electron chi connectivity index (χ0n) is 11.7. The molecule has 0 bridgehead atoms. The molecule has 0 heterocycles. The highest BCUT2D eigenvalue weighted by Gasteiger charge is 2.40. The summed E-state index contributed by atoms with van der Waals surface area (Å²) in [6.45, 7) is 6.37. The standard InChI is InChI=1S/C17H30/c1-3-12-17(16-8-6-5-7-9-16)13-10-15(4-2)11-14-17/h4,15-16H,2-3,5-14H2,1H3. The highest BCUT2D eigenvalue weighted by molar-refractivity contribution is 4.95. The second-order valence-electron chi connectivity index (χ2n) is 6.52. The van der Waals surface area contributed by atoms with E-state index in [1.807, 2.05) is 0 Å². The van der Waals surface area contributed by atoms with Crippen molar-refractivity contribution in [2.45, 2.75) is 77.6 Å². The van der Waals surface area contributed by atoms with Crippen LogP contribution in [0.25, 0.3) is 0 Å². The Kier molecular flexibility index (Phi) is 4.70. The molecule has 2 saturated carbocycles. The van der Waals surface area contributed by atoms with Crippen LogP contribution in [-0.4, -0.2) is 0 Å². The summed E-state index contributed by atoms with van der Waals surface area (Å²) < 4.78 is 0. The van der Waals surface area contributed by atoms with Gasteiger partial charge in [-0.3, -0.25) is 0 Å². The minimum Gasteiger partial charge on any atom is -0.103 e. The molecule has 2 rings (SSSR count). The molecule has 2 aliphatic rings. The molecular formula is C17H30. The fraction of sp³-hybridized carbons (Fsp3) is 0.882. The van der Waals surface area contributed by atoms with Crippen molar-refractivity contribution in [1.82, 2.24) is 0 Å². The molecule has 0 spiro atoms. The van der Waals surface area contributed by atoms with Gasteiger partial charge in [0.25, 0.3) is 0 Å². The number of hydrogen-bond donors (Lipinski definition) is 0. The Balaban J connectivity index is 2.01. The van der Waals surface area contributed by atoms with Crippen LogP contribution >= 0.6 is 0 Å². The molecule has 2 fully saturated rings. The second kappa shape index (κ2) is 6.07. The van der Waals surface area contributed by atoms with Crippen LogP contribution in [0.1, 0.15) is 77.6 Å². The number of hydrogen-bond acceptors (Lipinski definition) is 0. The van der Waals surface area contributed by atoms with Crippen molar-refractivity contribution in [3.63, 3.8) is 0 Å². The van der Waals surface area contributed by atoms with E-state index in [0.29, 0.717) is 0 Å². The van der Waals surface area contributed by atoms with Crippen molar-refractivity contribution in [1.29, 1.82) is 0 Å². The molecule has 0 atom stereocenters. The minimum atomic E-state index is 0.731. The summed E-state index contributed by atoms with van der Waals surface area (Å²) >= 11 is 0. The highest BCUT2D eigenvalue weighted by atomic mass is 14.5. The van der Waals surface area contributed by atoms with E-state index in [4.69, 9.17) is 0 Å². The summed E-state index contributed by atoms with van der Waals surface area (Å²) in [5, 5.41) is 0. The van der Waals surface area contributed by atoms with Crippen molar-refractivity contribution in [3.8, 4) is 0 Å². The molecule has 0 unspecified atom stereocenters. The van der Waals surface area contributed by atoms with Crippen LogP contribution < -0.4 is 0 Å². The summed E-state index contributed by atoms with van der Waals surface area (Å²) in [6.07, 6.45) is 18.4. The van der Waals surface area contributed by atoms with Crippen LogP contribution in [0.5, 0.6) is 0 Å². The van der Waals surface area contributed by atoms with Crippen molar-refractivity contribution < 1.29 is 0 Å². The third kappa shape index (κ3) is 2.95. The van der Waals surface area contributed by atoms with E-state index in [1.165, 1.54) is 70.6 Å². The van der Waals surface area contributed by atoms with Crippen LogP contribution in [0.15, 0.2) is 12.7 Å². The normalized spacial score (nSPS) is 35.7. The Morgan fingerprint density at radius 1 is 1.06 bits per heavy atom. The topological polar surface area (TPSA) is 0 Å². The van der Waals surface area contributed by atoms with Gasteiger partial charge in [0.2, 0.25) is 0 Å². The molecule has 0 heteroatoms. The van der Waals surface area contributed by atoms with Crippen LogP contribution in [0.3, 0.4) is 0 Å². The summed E-state index contributed by atoms with van der Waals surface area (Å²) in [5.41, 5.74) is 0.731. The maximum Gasteiger partial charge on any atom is -0.0236 e. The molecule has 0 aromatic rings. The number of rotatable bonds is 4. The first kappa shape index (κ1) is 13.2. The Morgan fingerprint density at radius 2 is 1.71 bits per heavy atom. The molecule has 2 aliphatic carbocycles. The molecule has 0 aliphatic heterocycles. The average molecular weight is 234 g/mol. The van der Waals surface area contributed by atoms with Gasteiger partial charge in [-0.25, -0.2) is 0 Å². The Bertz CT molecular complexity index is 226. The van der Waals surface area contributed by atoms with E-state index >= 15 is 0 Å². The molecule has 0 nitrogen and oxygen atoms in total. The van der Waals surface area contributed by atoms with Gasteiger partial charge < -0.3 is 0 Å². The average Bonchev–Trinajstić information content (AvgIpc) is 2.41. The monoisotopic (exact) mass is 234 g/mol. The van der Waals surface area contributed by atoms with Crippen LogP contribution in [-0.2, 0) is 0 Å². The minimum absolute atomic E-state index is 0.731. The number of allylic oxidation sites excluding steroid dienone is 1. The lowest BCUT2D eigenvalue weighted by Gasteiger charge is -2.47. The fourth-order valence-corrected chi connectivity index (χ4v) is 4.53. The van der Waals surface area contributed by atoms with Crippen molar-refractivity contribution in [2.24, 2.45) is 17.3 Å². The summed E-state index contributed by atoms with van der Waals surface area (Å²) in [6, 6.07) is 0. The first-order valence-electron chi connectivity index (χ1n) is 7.93. The zero-order valence-corrected chi connectivity index (χ0v) is 11.7. The Labute approximate surface area is 108 Å². The quantitative estimate of drug-likeness (QED) is 0.545. The van der Waals surface area contributed by atoms with Gasteiger partial charge in [-0.2, -0.15) is 0 Å². The maximum absolute atomic E-state index is 3.99. The van der Waals surface area contributed by atoms with Gasteiger partial charge in [0.05, 0.1) is 0 Å². The highest BCUT2D eigenvalue weighted by Crippen LogP contribution is 2.52. The van der Waals surface area contributed by atoms with Gasteiger partial charge in [-0.05, 0) is 62.2 Å². The molecule has 0 saturated heterocycles. The van der Waals surface area contributed by atoms with Crippen molar-refractivity contribution >= 4 is 0 Å². The lowest BCUT2D eigenvalue weighted by Crippen LogP contribution is -2.36. The first-order valence-corrected chi connectivity index (χ1v) is 7.93. The maximum atomic E-state index is 3.99. The third-order valence-electron chi connectivity index (χ3n) is 5.58. The lowest BCUT2D eigenvalue weighted by molar-refractivity contribution is 0.0461. The molecule has 0 aromatic heterocycles. The fourth-order valence-electron chi connectivity index (χ4n) is 4.53. The summed E-state index contributed by atoms with van der Waals surface area (Å²) in [4.78, 5) is 0. The van der Waals surface area contributed by atoms with Crippen LogP contribution in [0.2, 0.25) is 0 Å².